The van der Waals surface area contributed by atoms with E-state index in [0.717, 1.165) is 29.9 Å². The maximum absolute atomic E-state index is 12.7. The summed E-state index contributed by atoms with van der Waals surface area (Å²) in [4.78, 5) is 50.3. The van der Waals surface area contributed by atoms with Crippen molar-refractivity contribution < 1.29 is 66.5 Å². The maximum Gasteiger partial charge on any atom is 0.303 e. The molecule has 3 heterocycles. The summed E-state index contributed by atoms with van der Waals surface area (Å²) in [6, 6.07) is 28.6. The first-order valence-electron chi connectivity index (χ1n) is 17.9. The number of thioether (sulfide) groups is 1. The summed E-state index contributed by atoms with van der Waals surface area (Å²) in [5.41, 5.74) is 0.882. The quantitative estimate of drug-likeness (QED) is 0.174. The van der Waals surface area contributed by atoms with Crippen LogP contribution in [0.3, 0.4) is 0 Å². The number of rotatable bonds is 13. The molecule has 3 aliphatic heterocycles. The molecular weight excluding hydrogens is 736 g/mol. The van der Waals surface area contributed by atoms with Crippen molar-refractivity contribution in [3.05, 3.63) is 102 Å². The Morgan fingerprint density at radius 3 is 1.89 bits per heavy atom. The van der Waals surface area contributed by atoms with Crippen molar-refractivity contribution >= 4 is 35.6 Å². The van der Waals surface area contributed by atoms with Crippen molar-refractivity contribution in [2.75, 3.05) is 13.2 Å². The van der Waals surface area contributed by atoms with Gasteiger partial charge in [0.25, 0.3) is 0 Å². The van der Waals surface area contributed by atoms with Crippen molar-refractivity contribution in [1.82, 2.24) is 0 Å². The number of fused-ring (bicyclic) bond motifs is 1. The van der Waals surface area contributed by atoms with Gasteiger partial charge in [0.15, 0.2) is 30.9 Å². The molecule has 0 saturated carbocycles. The number of esters is 4. The lowest BCUT2D eigenvalue weighted by molar-refractivity contribution is -0.363. The fraction of sp³-hybridized carbons (Fsp3) is 0.450. The van der Waals surface area contributed by atoms with Crippen molar-refractivity contribution in [1.29, 1.82) is 0 Å². The summed E-state index contributed by atoms with van der Waals surface area (Å²) in [6.45, 7) is 4.60. The molecule has 3 saturated heterocycles. The van der Waals surface area contributed by atoms with Crippen LogP contribution < -0.4 is 0 Å². The molecule has 0 bridgehead atoms. The van der Waals surface area contributed by atoms with E-state index in [9.17, 15) is 19.2 Å². The van der Waals surface area contributed by atoms with Gasteiger partial charge in [0.05, 0.1) is 13.2 Å². The highest BCUT2D eigenvalue weighted by atomic mass is 32.2. The number of carbonyl (C=O) groups excluding carboxylic acids is 4. The van der Waals surface area contributed by atoms with E-state index in [1.165, 1.54) is 25.6 Å². The highest BCUT2D eigenvalue weighted by Crippen LogP contribution is 2.43. The van der Waals surface area contributed by atoms with E-state index in [0.29, 0.717) is 0 Å². The van der Waals surface area contributed by atoms with Gasteiger partial charge in [0, 0.05) is 38.2 Å². The van der Waals surface area contributed by atoms with Gasteiger partial charge in [-0.1, -0.05) is 90.6 Å². The van der Waals surface area contributed by atoms with Gasteiger partial charge in [-0.15, -0.1) is 0 Å². The molecule has 15 heteroatoms. The van der Waals surface area contributed by atoms with E-state index >= 15 is 0 Å². The van der Waals surface area contributed by atoms with Crippen LogP contribution >= 0.6 is 11.8 Å². The first-order valence-corrected chi connectivity index (χ1v) is 18.7. The van der Waals surface area contributed by atoms with E-state index in [1.807, 2.05) is 91.0 Å². The van der Waals surface area contributed by atoms with Crippen molar-refractivity contribution in [3.8, 4) is 0 Å². The average molecular weight is 781 g/mol. The van der Waals surface area contributed by atoms with Crippen molar-refractivity contribution in [2.45, 2.75) is 106 Å². The molecule has 55 heavy (non-hydrogen) atoms. The number of hydrogen-bond acceptors (Lipinski definition) is 15. The monoisotopic (exact) mass is 780 g/mol. The molecule has 0 aromatic heterocycles. The Kier molecular flexibility index (Phi) is 13.9. The molecule has 3 fully saturated rings. The molecule has 14 nitrogen and oxygen atoms in total. The van der Waals surface area contributed by atoms with Crippen LogP contribution in [0.25, 0.3) is 0 Å². The number of ether oxygens (including phenoxy) is 10. The fourth-order valence-electron chi connectivity index (χ4n) is 6.61. The second-order valence-corrected chi connectivity index (χ2v) is 14.3. The molecule has 0 spiro atoms. The molecule has 11 atom stereocenters. The Labute approximate surface area is 322 Å². The molecular formula is C40H44O14S. The Balaban J connectivity index is 1.41. The van der Waals surface area contributed by atoms with Crippen LogP contribution in [0.5, 0.6) is 0 Å². The van der Waals surface area contributed by atoms with E-state index in [-0.39, 0.29) is 13.2 Å². The van der Waals surface area contributed by atoms with E-state index < -0.39 is 97.3 Å². The number of hydrogen-bond donors (Lipinski definition) is 0. The van der Waals surface area contributed by atoms with Gasteiger partial charge < -0.3 is 47.4 Å². The molecule has 294 valence electrons. The zero-order valence-corrected chi connectivity index (χ0v) is 31.6. The van der Waals surface area contributed by atoms with Crippen molar-refractivity contribution in [2.24, 2.45) is 0 Å². The van der Waals surface area contributed by atoms with Crippen LogP contribution in [0.4, 0.5) is 0 Å². The van der Waals surface area contributed by atoms with Crippen LogP contribution in [0.1, 0.15) is 45.1 Å². The lowest BCUT2D eigenvalue weighted by Gasteiger charge is -2.51. The van der Waals surface area contributed by atoms with E-state index in [4.69, 9.17) is 47.4 Å². The van der Waals surface area contributed by atoms with Crippen LogP contribution in [-0.4, -0.2) is 97.6 Å². The molecule has 0 aliphatic carbocycles. The third-order valence-corrected chi connectivity index (χ3v) is 10.0. The van der Waals surface area contributed by atoms with Crippen LogP contribution in [0, 0.1) is 0 Å². The van der Waals surface area contributed by atoms with Crippen LogP contribution in [0.15, 0.2) is 95.9 Å². The molecule has 6 rings (SSSR count). The minimum absolute atomic E-state index is 0.163. The third kappa shape index (κ3) is 10.7. The average Bonchev–Trinajstić information content (AvgIpc) is 3.16. The molecule has 0 radical (unpaired) electrons. The molecule has 0 amide bonds. The van der Waals surface area contributed by atoms with Crippen LogP contribution in [0.2, 0.25) is 0 Å². The minimum Gasteiger partial charge on any atom is -0.463 e. The third-order valence-electron chi connectivity index (χ3n) is 8.88. The first kappa shape index (κ1) is 40.3. The van der Waals surface area contributed by atoms with E-state index in [1.54, 1.807) is 0 Å². The standard InChI is InChI=1S/C40H44O14S/c1-23(41)45-21-30-33(48-24(2)42)35(49-25(3)43)36(50-26(4)44)39(51-30)54-37-34(46-20-27-14-8-5-9-15-27)32-31(52-40(37)55-29-18-12-7-13-19-29)22-47-38(53-32)28-16-10-6-11-17-28/h5-19,30-40H,20-22H2,1-4H3/t30-,31-,32-,33-,34+,35+,36-,37-,38-,39+,40+/m1/s1. The van der Waals surface area contributed by atoms with Gasteiger partial charge in [0.1, 0.15) is 42.6 Å². The topological polar surface area (TPSA) is 161 Å². The largest absolute Gasteiger partial charge is 0.463 e. The lowest BCUT2D eigenvalue weighted by atomic mass is 9.96. The molecule has 3 aliphatic rings. The number of carbonyl (C=O) groups is 4. The zero-order chi connectivity index (χ0) is 38.9. The number of benzene rings is 3. The van der Waals surface area contributed by atoms with Crippen LogP contribution in [-0.2, 0) is 73.2 Å². The molecule has 3 aromatic rings. The SMILES string of the molecule is CC(=O)OC[C@H]1O[C@@H](O[C@@H]2[C@@H](OCc3ccccc3)[C@@H]3O[C@H](c4ccccc4)OC[C@H]3O[C@H]2Sc2ccccc2)[C@H](OC(C)=O)[C@@H](OC(C)=O)[C@@H]1OC(C)=O. The predicted octanol–water partition coefficient (Wildman–Crippen LogP) is 4.67. The van der Waals surface area contributed by atoms with Gasteiger partial charge >= 0.3 is 23.9 Å². The first-order chi connectivity index (χ1) is 26.5. The summed E-state index contributed by atoms with van der Waals surface area (Å²) in [5, 5.41) is 0. The highest BCUT2D eigenvalue weighted by Gasteiger charge is 2.57. The Morgan fingerprint density at radius 2 is 1.25 bits per heavy atom. The highest BCUT2D eigenvalue weighted by molar-refractivity contribution is 7.99. The second-order valence-electron chi connectivity index (χ2n) is 13.1. The Bertz CT molecular complexity index is 1730. The second kappa shape index (κ2) is 19.0. The zero-order valence-electron chi connectivity index (χ0n) is 30.8. The van der Waals surface area contributed by atoms with Gasteiger partial charge in [-0.3, -0.25) is 19.2 Å². The van der Waals surface area contributed by atoms with Gasteiger partial charge in [-0.05, 0) is 17.7 Å². The van der Waals surface area contributed by atoms with Gasteiger partial charge in [0.2, 0.25) is 0 Å². The molecule has 0 unspecified atom stereocenters. The summed E-state index contributed by atoms with van der Waals surface area (Å²) >= 11 is 1.36. The molecule has 0 N–H and O–H groups in total. The smallest absolute Gasteiger partial charge is 0.303 e. The summed E-state index contributed by atoms with van der Waals surface area (Å²) < 4.78 is 61.8. The lowest BCUT2D eigenvalue weighted by Crippen LogP contribution is -2.67. The summed E-state index contributed by atoms with van der Waals surface area (Å²) in [5.74, 6) is -2.91. The van der Waals surface area contributed by atoms with Gasteiger partial charge in [-0.25, -0.2) is 0 Å². The summed E-state index contributed by atoms with van der Waals surface area (Å²) in [7, 11) is 0. The van der Waals surface area contributed by atoms with Gasteiger partial charge in [-0.2, -0.15) is 0 Å². The minimum atomic E-state index is -1.50. The predicted molar refractivity (Wildman–Crippen MR) is 193 cm³/mol. The maximum atomic E-state index is 12.7. The normalized spacial score (nSPS) is 30.3. The Hall–Kier alpha value is -4.35. The van der Waals surface area contributed by atoms with Crippen molar-refractivity contribution in [3.63, 3.8) is 0 Å². The summed E-state index contributed by atoms with van der Waals surface area (Å²) in [6.07, 6.45) is -11.0. The molecule has 3 aromatic carbocycles. The fourth-order valence-corrected chi connectivity index (χ4v) is 7.74. The Morgan fingerprint density at radius 1 is 0.655 bits per heavy atom. The van der Waals surface area contributed by atoms with E-state index in [2.05, 4.69) is 0 Å².